The van der Waals surface area contributed by atoms with Crippen molar-refractivity contribution in [2.24, 2.45) is 0 Å². The van der Waals surface area contributed by atoms with Gasteiger partial charge < -0.3 is 14.6 Å². The number of methoxy groups -OCH3 is 1. The van der Waals surface area contributed by atoms with Gasteiger partial charge in [-0.2, -0.15) is 4.98 Å². The van der Waals surface area contributed by atoms with Gasteiger partial charge in [0, 0.05) is 19.6 Å². The van der Waals surface area contributed by atoms with Crippen LogP contribution in [-0.2, 0) is 17.6 Å². The molecule has 1 aliphatic rings. The fraction of sp³-hybridized carbons (Fsp3) is 0.429. The molecule has 0 spiro atoms. The molecule has 0 saturated carbocycles. The van der Waals surface area contributed by atoms with Gasteiger partial charge in [0.1, 0.15) is 0 Å². The zero-order chi connectivity index (χ0) is 13.1. The zero-order valence-corrected chi connectivity index (χ0v) is 10.9. The van der Waals surface area contributed by atoms with Crippen LogP contribution in [0.2, 0.25) is 0 Å². The maximum absolute atomic E-state index is 5.19. The van der Waals surface area contributed by atoms with Crippen LogP contribution < -0.4 is 5.32 Å². The quantitative estimate of drug-likeness (QED) is 0.832. The Bertz CT molecular complexity index is 528. The Balaban J connectivity index is 1.65. The molecule has 19 heavy (non-hydrogen) atoms. The average molecular weight is 259 g/mol. The number of rotatable bonds is 5. The topological polar surface area (TPSA) is 60.2 Å². The molecule has 0 amide bonds. The van der Waals surface area contributed by atoms with Crippen molar-refractivity contribution in [3.05, 3.63) is 41.2 Å². The molecule has 0 unspecified atom stereocenters. The van der Waals surface area contributed by atoms with Crippen molar-refractivity contribution in [3.8, 4) is 0 Å². The van der Waals surface area contributed by atoms with Gasteiger partial charge in [-0.15, -0.1) is 0 Å². The molecule has 1 aromatic heterocycles. The van der Waals surface area contributed by atoms with Crippen LogP contribution >= 0.6 is 0 Å². The number of nitrogens with one attached hydrogen (secondary N) is 1. The summed E-state index contributed by atoms with van der Waals surface area (Å²) in [6, 6.07) is 8.98. The minimum absolute atomic E-state index is 0.333. The van der Waals surface area contributed by atoms with Crippen molar-refractivity contribution in [2.75, 3.05) is 25.6 Å². The van der Waals surface area contributed by atoms with Gasteiger partial charge in [-0.1, -0.05) is 29.4 Å². The lowest BCUT2D eigenvalue weighted by molar-refractivity contribution is 0.210. The summed E-state index contributed by atoms with van der Waals surface area (Å²) in [6.45, 7) is 1.29. The number of hydrogen-bond acceptors (Lipinski definition) is 5. The summed E-state index contributed by atoms with van der Waals surface area (Å²) in [7, 11) is 1.66. The number of nitrogens with zero attached hydrogens (tertiary/aromatic N) is 2. The highest BCUT2D eigenvalue weighted by atomic mass is 16.5. The Morgan fingerprint density at radius 2 is 2.05 bits per heavy atom. The minimum Gasteiger partial charge on any atom is -0.383 e. The highest BCUT2D eigenvalue weighted by Crippen LogP contribution is 2.32. The van der Waals surface area contributed by atoms with Crippen molar-refractivity contribution >= 4 is 6.01 Å². The van der Waals surface area contributed by atoms with E-state index in [0.717, 1.165) is 18.7 Å². The van der Waals surface area contributed by atoms with Crippen LogP contribution in [0.4, 0.5) is 6.01 Å². The Morgan fingerprint density at radius 1 is 1.32 bits per heavy atom. The van der Waals surface area contributed by atoms with E-state index >= 15 is 0 Å². The monoisotopic (exact) mass is 259 g/mol. The van der Waals surface area contributed by atoms with Gasteiger partial charge in [-0.05, 0) is 24.0 Å². The second-order valence-corrected chi connectivity index (χ2v) is 4.75. The highest BCUT2D eigenvalue weighted by Gasteiger charge is 2.26. The molecule has 1 aromatic carbocycles. The molecule has 1 aliphatic carbocycles. The molecule has 5 heteroatoms. The van der Waals surface area contributed by atoms with E-state index in [-0.39, 0.29) is 0 Å². The molecule has 1 heterocycles. The van der Waals surface area contributed by atoms with E-state index < -0.39 is 0 Å². The summed E-state index contributed by atoms with van der Waals surface area (Å²) >= 11 is 0. The first kappa shape index (κ1) is 12.2. The Morgan fingerprint density at radius 3 is 2.74 bits per heavy atom. The molecule has 0 fully saturated rings. The third-order valence-electron chi connectivity index (χ3n) is 3.44. The van der Waals surface area contributed by atoms with Gasteiger partial charge in [0.15, 0.2) is 5.82 Å². The Hall–Kier alpha value is -1.88. The van der Waals surface area contributed by atoms with E-state index in [1.54, 1.807) is 7.11 Å². The van der Waals surface area contributed by atoms with Gasteiger partial charge in [0.2, 0.25) is 0 Å². The van der Waals surface area contributed by atoms with Crippen LogP contribution in [0.15, 0.2) is 28.8 Å². The van der Waals surface area contributed by atoms with Gasteiger partial charge in [-0.3, -0.25) is 0 Å². The van der Waals surface area contributed by atoms with E-state index in [4.69, 9.17) is 9.26 Å². The molecular weight excluding hydrogens is 242 g/mol. The second-order valence-electron chi connectivity index (χ2n) is 4.75. The van der Waals surface area contributed by atoms with Crippen molar-refractivity contribution < 1.29 is 9.26 Å². The minimum atomic E-state index is 0.333. The van der Waals surface area contributed by atoms with Crippen molar-refractivity contribution in [1.29, 1.82) is 0 Å². The van der Waals surface area contributed by atoms with Crippen LogP contribution in [0.5, 0.6) is 0 Å². The predicted octanol–water partition coefficient (Wildman–Crippen LogP) is 2.01. The third kappa shape index (κ3) is 2.61. The molecule has 0 aliphatic heterocycles. The van der Waals surface area contributed by atoms with Crippen molar-refractivity contribution in [3.63, 3.8) is 0 Å². The fourth-order valence-corrected chi connectivity index (χ4v) is 2.47. The number of hydrogen-bond donors (Lipinski definition) is 1. The summed E-state index contributed by atoms with van der Waals surface area (Å²) < 4.78 is 10.2. The molecule has 0 saturated heterocycles. The lowest BCUT2D eigenvalue weighted by atomic mass is 10.1. The van der Waals surface area contributed by atoms with Gasteiger partial charge in [0.25, 0.3) is 0 Å². The fourth-order valence-electron chi connectivity index (χ4n) is 2.47. The summed E-state index contributed by atoms with van der Waals surface area (Å²) in [5.41, 5.74) is 2.79. The molecule has 0 radical (unpaired) electrons. The van der Waals surface area contributed by atoms with E-state index in [1.807, 2.05) is 0 Å². The first-order chi connectivity index (χ1) is 9.36. The normalized spacial score (nSPS) is 14.6. The lowest BCUT2D eigenvalue weighted by Crippen LogP contribution is -2.08. The van der Waals surface area contributed by atoms with Gasteiger partial charge in [0.05, 0.1) is 6.61 Å². The Labute approximate surface area is 112 Å². The molecule has 2 aromatic rings. The molecule has 1 N–H and O–H groups in total. The van der Waals surface area contributed by atoms with Gasteiger partial charge >= 0.3 is 6.01 Å². The predicted molar refractivity (Wildman–Crippen MR) is 71.3 cm³/mol. The smallest absolute Gasteiger partial charge is 0.321 e. The van der Waals surface area contributed by atoms with Crippen LogP contribution in [-0.4, -0.2) is 30.4 Å². The maximum Gasteiger partial charge on any atom is 0.321 e. The molecule has 0 bridgehead atoms. The number of aromatic nitrogens is 2. The average Bonchev–Trinajstić information content (AvgIpc) is 3.04. The lowest BCUT2D eigenvalue weighted by Gasteiger charge is -2.01. The van der Waals surface area contributed by atoms with E-state index in [0.29, 0.717) is 25.1 Å². The highest BCUT2D eigenvalue weighted by molar-refractivity contribution is 5.35. The zero-order valence-electron chi connectivity index (χ0n) is 10.9. The third-order valence-corrected chi connectivity index (χ3v) is 3.44. The van der Waals surface area contributed by atoms with Crippen LogP contribution in [0.25, 0.3) is 0 Å². The molecule has 3 rings (SSSR count). The molecular formula is C14H17N3O2. The summed E-state index contributed by atoms with van der Waals surface area (Å²) in [5.74, 6) is 1.12. The molecule has 100 valence electrons. The number of anilines is 1. The number of ether oxygens (including phenoxy) is 1. The SMILES string of the molecule is COCCNc1nc(C2Cc3ccccc3C2)no1. The first-order valence-electron chi connectivity index (χ1n) is 6.50. The number of benzene rings is 1. The van der Waals surface area contributed by atoms with Crippen LogP contribution in [0.3, 0.4) is 0 Å². The van der Waals surface area contributed by atoms with Crippen molar-refractivity contribution in [1.82, 2.24) is 10.1 Å². The van der Waals surface area contributed by atoms with E-state index in [9.17, 15) is 0 Å². The number of fused-ring (bicyclic) bond motifs is 1. The van der Waals surface area contributed by atoms with Crippen LogP contribution in [0.1, 0.15) is 22.9 Å². The largest absolute Gasteiger partial charge is 0.383 e. The Kier molecular flexibility index (Phi) is 3.46. The van der Waals surface area contributed by atoms with Crippen molar-refractivity contribution in [2.45, 2.75) is 18.8 Å². The summed E-state index contributed by atoms with van der Waals surface area (Å²) in [5, 5.41) is 7.12. The maximum atomic E-state index is 5.19. The van der Waals surface area contributed by atoms with E-state index in [2.05, 4.69) is 39.7 Å². The van der Waals surface area contributed by atoms with Gasteiger partial charge in [-0.25, -0.2) is 0 Å². The standard InChI is InChI=1S/C14H17N3O2/c1-18-7-6-15-14-16-13(17-19-14)12-8-10-4-2-3-5-11(10)9-12/h2-5,12H,6-9H2,1H3,(H,15,16,17). The summed E-state index contributed by atoms with van der Waals surface area (Å²) in [4.78, 5) is 4.40. The second kappa shape index (κ2) is 5.40. The first-order valence-corrected chi connectivity index (χ1v) is 6.50. The molecule has 0 atom stereocenters. The summed E-state index contributed by atoms with van der Waals surface area (Å²) in [6.07, 6.45) is 1.99. The van der Waals surface area contributed by atoms with E-state index in [1.165, 1.54) is 11.1 Å². The molecule has 5 nitrogen and oxygen atoms in total. The van der Waals surface area contributed by atoms with Crippen LogP contribution in [0, 0.1) is 0 Å².